The van der Waals surface area contributed by atoms with Crippen molar-refractivity contribution in [3.63, 3.8) is 0 Å². The third-order valence-corrected chi connectivity index (χ3v) is 2.03. The van der Waals surface area contributed by atoms with E-state index in [4.69, 9.17) is 0 Å². The van der Waals surface area contributed by atoms with Gasteiger partial charge < -0.3 is 0 Å². The second-order valence-corrected chi connectivity index (χ2v) is 4.31. The predicted octanol–water partition coefficient (Wildman–Crippen LogP) is 1.01. The summed E-state index contributed by atoms with van der Waals surface area (Å²) >= 11 is 0. The van der Waals surface area contributed by atoms with Crippen molar-refractivity contribution in [1.82, 2.24) is 9.97 Å². The van der Waals surface area contributed by atoms with E-state index in [1.165, 1.54) is 0 Å². The highest BCUT2D eigenvalue weighted by molar-refractivity contribution is 6.23. The number of aromatic nitrogens is 2. The van der Waals surface area contributed by atoms with E-state index in [0.717, 1.165) is 5.69 Å². The van der Waals surface area contributed by atoms with E-state index in [9.17, 15) is 4.79 Å². The number of carbonyl (C=O) groups excluding carboxylic acids is 1. The maximum Gasteiger partial charge on any atom is 0.174 e. The summed E-state index contributed by atoms with van der Waals surface area (Å²) in [5.41, 5.74) is 1.35. The van der Waals surface area contributed by atoms with Gasteiger partial charge >= 0.3 is 0 Å². The molecular weight excluding hydrogens is 175 g/mol. The molecular formula is C10H15BN2O. The second-order valence-electron chi connectivity index (χ2n) is 4.31. The molecule has 0 aliphatic rings. The van der Waals surface area contributed by atoms with Crippen LogP contribution in [0.2, 0.25) is 6.32 Å². The normalized spacial score (nSPS) is 11.4. The first-order valence-corrected chi connectivity index (χ1v) is 4.81. The molecule has 0 aliphatic carbocycles. The summed E-state index contributed by atoms with van der Waals surface area (Å²) in [5.74, 6) is 0.0398. The summed E-state index contributed by atoms with van der Waals surface area (Å²) in [7, 11) is 1.82. The van der Waals surface area contributed by atoms with Gasteiger partial charge in [0.15, 0.2) is 5.78 Å². The molecule has 4 heteroatoms. The van der Waals surface area contributed by atoms with Gasteiger partial charge in [-0.3, -0.25) is 9.78 Å². The molecule has 3 nitrogen and oxygen atoms in total. The van der Waals surface area contributed by atoms with Crippen molar-refractivity contribution in [1.29, 1.82) is 0 Å². The molecule has 0 aromatic carbocycles. The lowest BCUT2D eigenvalue weighted by Crippen LogP contribution is -2.15. The fourth-order valence-corrected chi connectivity index (χ4v) is 1.04. The Bertz CT molecular complexity index is 327. The number of Topliss-reactive ketones (excluding diaryl/α,β-unsaturated/α-hetero) is 1. The van der Waals surface area contributed by atoms with Crippen LogP contribution in [0.25, 0.3) is 0 Å². The number of rotatable bonds is 2. The van der Waals surface area contributed by atoms with Gasteiger partial charge in [-0.25, -0.2) is 4.98 Å². The largest absolute Gasteiger partial charge is 0.293 e. The maximum atomic E-state index is 11.3. The molecule has 1 heterocycles. The van der Waals surface area contributed by atoms with E-state index < -0.39 is 0 Å². The molecule has 0 unspecified atom stereocenters. The first kappa shape index (κ1) is 10.9. The van der Waals surface area contributed by atoms with Crippen molar-refractivity contribution in [3.05, 3.63) is 23.8 Å². The van der Waals surface area contributed by atoms with E-state index in [1.807, 2.05) is 7.85 Å². The number of carbonyl (C=O) groups is 1. The van der Waals surface area contributed by atoms with Crippen molar-refractivity contribution in [2.75, 3.05) is 0 Å². The minimum absolute atomic E-state index is 0.0131. The molecule has 0 bridgehead atoms. The minimum Gasteiger partial charge on any atom is -0.293 e. The molecule has 0 spiro atoms. The SMILES string of the molecule is BCC(=O)c1cnc(C(C)(C)C)cn1. The predicted molar refractivity (Wildman–Crippen MR) is 58.4 cm³/mol. The molecule has 74 valence electrons. The molecule has 0 N–H and O–H groups in total. The molecule has 0 fully saturated rings. The number of hydrogen-bond donors (Lipinski definition) is 0. The highest BCUT2D eigenvalue weighted by Crippen LogP contribution is 2.18. The minimum atomic E-state index is -0.0131. The third-order valence-electron chi connectivity index (χ3n) is 2.03. The van der Waals surface area contributed by atoms with Crippen LogP contribution in [0.3, 0.4) is 0 Å². The zero-order chi connectivity index (χ0) is 10.8. The maximum absolute atomic E-state index is 11.3. The Morgan fingerprint density at radius 2 is 2.00 bits per heavy atom. The summed E-state index contributed by atoms with van der Waals surface area (Å²) in [6.07, 6.45) is 3.72. The van der Waals surface area contributed by atoms with Crippen LogP contribution in [0.1, 0.15) is 37.0 Å². The standard InChI is InChI=1S/C10H15BN2O/c1-10(2,3)9-6-12-7(5-13-9)8(14)4-11/h5-6H,4,11H2,1-3H3. The van der Waals surface area contributed by atoms with Crippen LogP contribution in [-0.4, -0.2) is 23.6 Å². The Morgan fingerprint density at radius 3 is 2.36 bits per heavy atom. The van der Waals surface area contributed by atoms with Gasteiger partial charge in [-0.15, -0.1) is 0 Å². The Hall–Kier alpha value is -1.19. The van der Waals surface area contributed by atoms with Gasteiger partial charge in [0.2, 0.25) is 0 Å². The molecule has 14 heavy (non-hydrogen) atoms. The third kappa shape index (κ3) is 2.40. The second kappa shape index (κ2) is 3.90. The highest BCUT2D eigenvalue weighted by Gasteiger charge is 2.16. The quantitative estimate of drug-likeness (QED) is 0.516. The van der Waals surface area contributed by atoms with Crippen LogP contribution in [0, 0.1) is 0 Å². The van der Waals surface area contributed by atoms with E-state index in [2.05, 4.69) is 30.7 Å². The zero-order valence-corrected chi connectivity index (χ0v) is 9.16. The molecule has 0 atom stereocenters. The molecule has 0 saturated carbocycles. The van der Waals surface area contributed by atoms with E-state index in [1.54, 1.807) is 12.4 Å². The number of ketones is 1. The van der Waals surface area contributed by atoms with E-state index in [-0.39, 0.29) is 11.2 Å². The molecule has 0 amide bonds. The average molecular weight is 190 g/mol. The molecule has 0 radical (unpaired) electrons. The fraction of sp³-hybridized carbons (Fsp3) is 0.500. The Balaban J connectivity index is 2.95. The lowest BCUT2D eigenvalue weighted by atomic mass is 9.92. The summed E-state index contributed by atoms with van der Waals surface area (Å²) in [6.45, 7) is 6.20. The van der Waals surface area contributed by atoms with Gasteiger partial charge in [0.25, 0.3) is 0 Å². The van der Waals surface area contributed by atoms with Crippen molar-refractivity contribution < 1.29 is 4.79 Å². The number of nitrogens with zero attached hydrogens (tertiary/aromatic N) is 2. The van der Waals surface area contributed by atoms with Crippen LogP contribution in [0.5, 0.6) is 0 Å². The van der Waals surface area contributed by atoms with Gasteiger partial charge in [0.05, 0.1) is 11.9 Å². The number of hydrogen-bond acceptors (Lipinski definition) is 3. The smallest absolute Gasteiger partial charge is 0.174 e. The highest BCUT2D eigenvalue weighted by atomic mass is 16.1. The van der Waals surface area contributed by atoms with E-state index >= 15 is 0 Å². The van der Waals surface area contributed by atoms with Crippen molar-refractivity contribution >= 4 is 13.6 Å². The topological polar surface area (TPSA) is 42.9 Å². The fourth-order valence-electron chi connectivity index (χ4n) is 1.04. The molecule has 0 aliphatic heterocycles. The zero-order valence-electron chi connectivity index (χ0n) is 9.16. The lowest BCUT2D eigenvalue weighted by molar-refractivity contribution is 0.101. The monoisotopic (exact) mass is 190 g/mol. The Labute approximate surface area is 85.4 Å². The Kier molecular flexibility index (Phi) is 3.04. The van der Waals surface area contributed by atoms with Gasteiger partial charge in [0, 0.05) is 11.6 Å². The van der Waals surface area contributed by atoms with Gasteiger partial charge in [-0.2, -0.15) is 0 Å². The van der Waals surface area contributed by atoms with Crippen molar-refractivity contribution in [2.24, 2.45) is 0 Å². The van der Waals surface area contributed by atoms with Crippen molar-refractivity contribution in [2.45, 2.75) is 32.5 Å². The summed E-state index contributed by atoms with van der Waals surface area (Å²) < 4.78 is 0. The molecule has 1 rings (SSSR count). The molecule has 0 saturated heterocycles. The molecule has 1 aromatic rings. The Morgan fingerprint density at radius 1 is 1.36 bits per heavy atom. The first-order chi connectivity index (χ1) is 6.45. The van der Waals surface area contributed by atoms with Gasteiger partial charge in [0.1, 0.15) is 13.5 Å². The summed E-state index contributed by atoms with van der Waals surface area (Å²) in [5, 5.41) is 0. The van der Waals surface area contributed by atoms with Crippen LogP contribution < -0.4 is 0 Å². The summed E-state index contributed by atoms with van der Waals surface area (Å²) in [4.78, 5) is 19.6. The van der Waals surface area contributed by atoms with Gasteiger partial charge in [-0.1, -0.05) is 20.8 Å². The average Bonchev–Trinajstić information content (AvgIpc) is 2.15. The van der Waals surface area contributed by atoms with Gasteiger partial charge in [-0.05, 0) is 6.32 Å². The first-order valence-electron chi connectivity index (χ1n) is 4.81. The van der Waals surface area contributed by atoms with Crippen LogP contribution in [0.4, 0.5) is 0 Å². The van der Waals surface area contributed by atoms with Crippen LogP contribution in [-0.2, 0) is 5.41 Å². The molecule has 1 aromatic heterocycles. The van der Waals surface area contributed by atoms with Crippen molar-refractivity contribution in [3.8, 4) is 0 Å². The van der Waals surface area contributed by atoms with Crippen LogP contribution >= 0.6 is 0 Å². The van der Waals surface area contributed by atoms with E-state index in [0.29, 0.717) is 12.0 Å². The van der Waals surface area contributed by atoms with Crippen LogP contribution in [0.15, 0.2) is 12.4 Å². The lowest BCUT2D eigenvalue weighted by Gasteiger charge is -2.16. The summed E-state index contributed by atoms with van der Waals surface area (Å²) in [6, 6.07) is 0.